The minimum Gasteiger partial charge on any atom is -0.321 e. The van der Waals surface area contributed by atoms with Crippen molar-refractivity contribution in [2.24, 2.45) is 5.92 Å². The Morgan fingerprint density at radius 1 is 0.960 bits per heavy atom. The van der Waals surface area contributed by atoms with Crippen LogP contribution in [0, 0.1) is 29.2 Å². The molecule has 1 atom stereocenters. The quantitative estimate of drug-likeness (QED) is 0.863. The third kappa shape index (κ3) is 3.19. The van der Waals surface area contributed by atoms with Crippen LogP contribution >= 0.6 is 0 Å². The number of para-hydroxylation sites is 2. The van der Waals surface area contributed by atoms with Crippen LogP contribution in [0.25, 0.3) is 0 Å². The first-order valence-electron chi connectivity index (χ1n) is 7.37. The highest BCUT2D eigenvalue weighted by Gasteiger charge is 2.37. The molecule has 1 heterocycles. The van der Waals surface area contributed by atoms with Crippen LogP contribution in [0.4, 0.5) is 28.9 Å². The van der Waals surface area contributed by atoms with Gasteiger partial charge in [0.1, 0.15) is 34.6 Å². The molecule has 130 valence electrons. The Bertz CT molecular complexity index is 816. The van der Waals surface area contributed by atoms with Gasteiger partial charge in [-0.2, -0.15) is 0 Å². The number of benzene rings is 2. The van der Waals surface area contributed by atoms with E-state index >= 15 is 0 Å². The molecular formula is C17H12F4N2O2. The Morgan fingerprint density at radius 2 is 1.48 bits per heavy atom. The molecule has 0 radical (unpaired) electrons. The van der Waals surface area contributed by atoms with Crippen LogP contribution in [0.3, 0.4) is 0 Å². The van der Waals surface area contributed by atoms with Crippen LogP contribution in [0.5, 0.6) is 0 Å². The highest BCUT2D eigenvalue weighted by molar-refractivity contribution is 6.03. The summed E-state index contributed by atoms with van der Waals surface area (Å²) in [6.07, 6.45) is -0.324. The topological polar surface area (TPSA) is 49.4 Å². The summed E-state index contributed by atoms with van der Waals surface area (Å²) in [5, 5.41) is 2.09. The lowest BCUT2D eigenvalue weighted by molar-refractivity contribution is -0.122. The number of carbonyl (C=O) groups excluding carboxylic acids is 2. The molecular weight excluding hydrogens is 340 g/mol. The van der Waals surface area contributed by atoms with E-state index in [1.54, 1.807) is 0 Å². The summed E-state index contributed by atoms with van der Waals surface area (Å²) in [7, 11) is 0. The molecule has 1 aliphatic heterocycles. The summed E-state index contributed by atoms with van der Waals surface area (Å²) >= 11 is 0. The van der Waals surface area contributed by atoms with Gasteiger partial charge in [0.15, 0.2) is 0 Å². The normalized spacial score (nSPS) is 17.0. The average molecular weight is 352 g/mol. The number of halogens is 4. The Kier molecular flexibility index (Phi) is 4.43. The van der Waals surface area contributed by atoms with Crippen molar-refractivity contribution in [1.82, 2.24) is 0 Å². The van der Waals surface area contributed by atoms with E-state index in [4.69, 9.17) is 0 Å². The molecule has 25 heavy (non-hydrogen) atoms. The fourth-order valence-corrected chi connectivity index (χ4v) is 2.69. The van der Waals surface area contributed by atoms with Crippen molar-refractivity contribution in [3.05, 3.63) is 59.7 Å². The van der Waals surface area contributed by atoms with E-state index in [9.17, 15) is 27.2 Å². The maximum Gasteiger partial charge on any atom is 0.229 e. The fourth-order valence-electron chi connectivity index (χ4n) is 2.69. The molecule has 2 aromatic rings. The Morgan fingerprint density at radius 3 is 2.04 bits per heavy atom. The second-order valence-corrected chi connectivity index (χ2v) is 5.56. The first kappa shape index (κ1) is 16.9. The molecule has 0 bridgehead atoms. The number of carbonyl (C=O) groups is 2. The Balaban J connectivity index is 1.80. The van der Waals surface area contributed by atoms with Gasteiger partial charge in [0, 0.05) is 13.0 Å². The molecule has 3 rings (SSSR count). The van der Waals surface area contributed by atoms with E-state index in [0.717, 1.165) is 41.3 Å². The summed E-state index contributed by atoms with van der Waals surface area (Å²) in [5.74, 6) is -6.26. The average Bonchev–Trinajstić information content (AvgIpc) is 2.93. The number of rotatable bonds is 3. The van der Waals surface area contributed by atoms with Crippen LogP contribution in [0.1, 0.15) is 6.42 Å². The highest BCUT2D eigenvalue weighted by Crippen LogP contribution is 2.30. The van der Waals surface area contributed by atoms with Gasteiger partial charge in [0.2, 0.25) is 11.8 Å². The Hall–Kier alpha value is -2.90. The van der Waals surface area contributed by atoms with Gasteiger partial charge in [0.05, 0.1) is 5.92 Å². The molecule has 4 nitrogen and oxygen atoms in total. The molecule has 2 amide bonds. The van der Waals surface area contributed by atoms with E-state index in [0.29, 0.717) is 0 Å². The van der Waals surface area contributed by atoms with Gasteiger partial charge in [-0.25, -0.2) is 17.6 Å². The maximum atomic E-state index is 13.8. The fraction of sp³-hybridized carbons (Fsp3) is 0.176. The van der Waals surface area contributed by atoms with Gasteiger partial charge in [-0.3, -0.25) is 9.59 Å². The molecule has 0 aromatic heterocycles. The summed E-state index contributed by atoms with van der Waals surface area (Å²) < 4.78 is 54.8. The summed E-state index contributed by atoms with van der Waals surface area (Å²) in [6.45, 7) is -0.293. The third-order valence-corrected chi connectivity index (χ3v) is 3.91. The molecule has 0 aliphatic carbocycles. The van der Waals surface area contributed by atoms with Crippen molar-refractivity contribution in [3.63, 3.8) is 0 Å². The smallest absolute Gasteiger partial charge is 0.229 e. The largest absolute Gasteiger partial charge is 0.321 e. The number of hydrogen-bond acceptors (Lipinski definition) is 2. The molecule has 2 aromatic carbocycles. The first-order valence-corrected chi connectivity index (χ1v) is 7.37. The zero-order chi connectivity index (χ0) is 18.1. The summed E-state index contributed by atoms with van der Waals surface area (Å²) in [5.41, 5.74) is -1.17. The predicted molar refractivity (Wildman–Crippen MR) is 81.8 cm³/mol. The molecule has 0 spiro atoms. The SMILES string of the molecule is O=C(Nc1c(F)cccc1F)C1CC(=O)N(c2c(F)cccc2F)C1. The van der Waals surface area contributed by atoms with Crippen molar-refractivity contribution in [3.8, 4) is 0 Å². The van der Waals surface area contributed by atoms with Crippen molar-refractivity contribution >= 4 is 23.2 Å². The number of hydrogen-bond donors (Lipinski definition) is 1. The third-order valence-electron chi connectivity index (χ3n) is 3.91. The van der Waals surface area contributed by atoms with Gasteiger partial charge in [-0.05, 0) is 24.3 Å². The molecule has 1 saturated heterocycles. The second-order valence-electron chi connectivity index (χ2n) is 5.56. The standard InChI is InChI=1S/C17H12F4N2O2/c18-10-3-1-4-11(19)15(10)22-17(25)9-7-14(24)23(8-9)16-12(20)5-2-6-13(16)21/h1-6,9H,7-8H2,(H,22,25). The zero-order valence-electron chi connectivity index (χ0n) is 12.7. The number of nitrogens with zero attached hydrogens (tertiary/aromatic N) is 1. The molecule has 1 aliphatic rings. The van der Waals surface area contributed by atoms with E-state index < -0.39 is 52.4 Å². The first-order chi connectivity index (χ1) is 11.9. The molecule has 1 unspecified atom stereocenters. The lowest BCUT2D eigenvalue weighted by Gasteiger charge is -2.18. The maximum absolute atomic E-state index is 13.8. The highest BCUT2D eigenvalue weighted by atomic mass is 19.1. The van der Waals surface area contributed by atoms with Crippen LogP contribution in [-0.4, -0.2) is 18.4 Å². The predicted octanol–water partition coefficient (Wildman–Crippen LogP) is 3.23. The molecule has 8 heteroatoms. The zero-order valence-corrected chi connectivity index (χ0v) is 12.7. The second kappa shape index (κ2) is 6.54. The molecule has 1 fully saturated rings. The van der Waals surface area contributed by atoms with Gasteiger partial charge < -0.3 is 10.2 Å². The van der Waals surface area contributed by atoms with Crippen LogP contribution in [0.15, 0.2) is 36.4 Å². The minimum atomic E-state index is -0.995. The lowest BCUT2D eigenvalue weighted by Crippen LogP contribution is -2.29. The van der Waals surface area contributed by atoms with E-state index in [1.165, 1.54) is 0 Å². The van der Waals surface area contributed by atoms with Gasteiger partial charge >= 0.3 is 0 Å². The van der Waals surface area contributed by atoms with Gasteiger partial charge in [-0.15, -0.1) is 0 Å². The van der Waals surface area contributed by atoms with Gasteiger partial charge in [-0.1, -0.05) is 12.1 Å². The summed E-state index contributed by atoms with van der Waals surface area (Å²) in [4.78, 5) is 25.1. The summed E-state index contributed by atoms with van der Waals surface area (Å²) in [6, 6.07) is 6.22. The van der Waals surface area contributed by atoms with Crippen LogP contribution in [0.2, 0.25) is 0 Å². The van der Waals surface area contributed by atoms with Crippen molar-refractivity contribution in [2.45, 2.75) is 6.42 Å². The molecule has 1 N–H and O–H groups in total. The van der Waals surface area contributed by atoms with E-state index in [2.05, 4.69) is 5.32 Å². The van der Waals surface area contributed by atoms with E-state index in [1.807, 2.05) is 0 Å². The molecule has 0 saturated carbocycles. The van der Waals surface area contributed by atoms with Crippen molar-refractivity contribution < 1.29 is 27.2 Å². The van der Waals surface area contributed by atoms with E-state index in [-0.39, 0.29) is 13.0 Å². The van der Waals surface area contributed by atoms with Gasteiger partial charge in [0.25, 0.3) is 0 Å². The Labute approximate surface area is 140 Å². The monoisotopic (exact) mass is 352 g/mol. The van der Waals surface area contributed by atoms with Crippen LogP contribution < -0.4 is 10.2 Å². The number of nitrogens with one attached hydrogen (secondary N) is 1. The lowest BCUT2D eigenvalue weighted by atomic mass is 10.1. The number of anilines is 2. The number of amides is 2. The van der Waals surface area contributed by atoms with Crippen molar-refractivity contribution in [2.75, 3.05) is 16.8 Å². The van der Waals surface area contributed by atoms with Crippen LogP contribution in [-0.2, 0) is 9.59 Å². The minimum absolute atomic E-state index is 0.293. The van der Waals surface area contributed by atoms with Crippen molar-refractivity contribution in [1.29, 1.82) is 0 Å².